The van der Waals surface area contributed by atoms with Crippen molar-refractivity contribution in [3.8, 4) is 0 Å². The molecule has 0 saturated carbocycles. The monoisotopic (exact) mass is 530 g/mol. The van der Waals surface area contributed by atoms with Crippen molar-refractivity contribution in [3.05, 3.63) is 30.3 Å². The summed E-state index contributed by atoms with van der Waals surface area (Å²) in [5.41, 5.74) is -2.09. The third-order valence-electron chi connectivity index (χ3n) is 6.76. The van der Waals surface area contributed by atoms with Gasteiger partial charge in [-0.3, -0.25) is 0 Å². The van der Waals surface area contributed by atoms with Gasteiger partial charge in [0.25, 0.3) is 0 Å². The molecule has 180 valence electrons. The van der Waals surface area contributed by atoms with Crippen LogP contribution in [0.2, 0.25) is 0 Å². The summed E-state index contributed by atoms with van der Waals surface area (Å²) in [6.45, 7) is 15.9. The summed E-state index contributed by atoms with van der Waals surface area (Å²) < 4.78 is 13.7. The van der Waals surface area contributed by atoms with Crippen LogP contribution in [-0.4, -0.2) is 59.6 Å². The molecule has 2 heterocycles. The first-order chi connectivity index (χ1) is 14.5. The Hall–Kier alpha value is -0.0705. The molecule has 1 aromatic rings. The minimum absolute atomic E-state index is 0.111. The molecule has 2 fully saturated rings. The summed E-state index contributed by atoms with van der Waals surface area (Å²) in [5, 5.41) is 29.1. The van der Waals surface area contributed by atoms with Crippen LogP contribution >= 0.6 is 5.96 Å². The Bertz CT molecular complexity index is 775. The molecule has 0 unspecified atom stereocenters. The van der Waals surface area contributed by atoms with Crippen LogP contribution in [0.1, 0.15) is 81.1 Å². The SMILES string of the molecule is CC1(C)CC(OP(=[Se])(OC2CC(C)(C)N([O])C(C)(C)C2)c2ccccc2)CC(C)(C)N1[O]. The van der Waals surface area contributed by atoms with E-state index in [2.05, 4.69) is 15.1 Å². The average Bonchev–Trinajstić information content (AvgIpc) is 2.64. The fourth-order valence-electron chi connectivity index (χ4n) is 5.64. The van der Waals surface area contributed by atoms with E-state index in [0.29, 0.717) is 25.7 Å². The first-order valence-electron chi connectivity index (χ1n) is 11.5. The zero-order valence-electron chi connectivity index (χ0n) is 20.8. The zero-order valence-corrected chi connectivity index (χ0v) is 23.4. The molecule has 3 rings (SSSR count). The molecule has 2 saturated heterocycles. The van der Waals surface area contributed by atoms with E-state index < -0.39 is 28.1 Å². The number of hydrogen-bond acceptors (Lipinski definition) is 4. The number of nitrogens with zero attached hydrogens (tertiary/aromatic N) is 2. The average molecular weight is 530 g/mol. The Kier molecular flexibility index (Phi) is 7.34. The topological polar surface area (TPSA) is 64.7 Å². The van der Waals surface area contributed by atoms with E-state index >= 15 is 0 Å². The second kappa shape index (κ2) is 8.86. The zero-order chi connectivity index (χ0) is 24.2. The van der Waals surface area contributed by atoms with Gasteiger partial charge in [0.05, 0.1) is 0 Å². The van der Waals surface area contributed by atoms with Crippen molar-refractivity contribution in [2.45, 2.75) is 115 Å². The molecule has 0 atom stereocenters. The molecule has 6 nitrogen and oxygen atoms in total. The molecule has 2 aliphatic heterocycles. The maximum atomic E-state index is 12.8. The van der Waals surface area contributed by atoms with Crippen LogP contribution in [0.4, 0.5) is 0 Å². The quantitative estimate of drug-likeness (QED) is 0.398. The third-order valence-corrected chi connectivity index (χ3v) is 11.2. The van der Waals surface area contributed by atoms with Gasteiger partial charge in [0, 0.05) is 0 Å². The van der Waals surface area contributed by atoms with E-state index in [4.69, 9.17) is 9.05 Å². The molecule has 32 heavy (non-hydrogen) atoms. The second-order valence-electron chi connectivity index (χ2n) is 11.9. The van der Waals surface area contributed by atoms with Crippen LogP contribution in [-0.2, 0) is 19.5 Å². The first kappa shape index (κ1) is 26.5. The van der Waals surface area contributed by atoms with Crippen molar-refractivity contribution in [3.63, 3.8) is 0 Å². The number of rotatable bonds is 5. The van der Waals surface area contributed by atoms with Crippen molar-refractivity contribution in [1.82, 2.24) is 10.1 Å². The van der Waals surface area contributed by atoms with Crippen molar-refractivity contribution in [1.29, 1.82) is 0 Å². The number of hydroxylamine groups is 4. The first-order valence-corrected chi connectivity index (χ1v) is 15.3. The Labute approximate surface area is 201 Å². The van der Waals surface area contributed by atoms with Crippen molar-refractivity contribution >= 4 is 26.4 Å². The predicted octanol–water partition coefficient (Wildman–Crippen LogP) is 5.01. The molecule has 0 aromatic heterocycles. The van der Waals surface area contributed by atoms with Gasteiger partial charge in [-0.05, 0) is 0 Å². The Balaban J connectivity index is 1.91. The summed E-state index contributed by atoms with van der Waals surface area (Å²) in [5.74, 6) is -2.59. The fourth-order valence-corrected chi connectivity index (χ4v) is 9.85. The molecular formula is C24H39N2O4PSe. The normalized spacial score (nSPS) is 26.8. The van der Waals surface area contributed by atoms with Gasteiger partial charge >= 0.3 is 202 Å². The van der Waals surface area contributed by atoms with Crippen LogP contribution < -0.4 is 5.30 Å². The molecule has 1 aromatic carbocycles. The summed E-state index contributed by atoms with van der Waals surface area (Å²) in [7, 11) is 0. The van der Waals surface area contributed by atoms with E-state index in [-0.39, 0.29) is 12.2 Å². The van der Waals surface area contributed by atoms with Gasteiger partial charge in [-0.2, -0.15) is 0 Å². The van der Waals surface area contributed by atoms with E-state index in [1.54, 1.807) is 0 Å². The standard InChI is InChI=1S/C24H39N2O4PSe/c1-21(2)14-18(15-22(3,4)25(21)27)29-31(32,20-12-10-9-11-13-20)30-19-16-23(5,6)26(28)24(7,8)17-19/h9-13,18-19H,14-17H2,1-8H3. The van der Waals surface area contributed by atoms with Gasteiger partial charge in [-0.25, -0.2) is 0 Å². The summed E-state index contributed by atoms with van der Waals surface area (Å²) >= 11 is 3.32. The Morgan fingerprint density at radius 1 is 0.719 bits per heavy atom. The van der Waals surface area contributed by atoms with Crippen LogP contribution in [0.3, 0.4) is 0 Å². The van der Waals surface area contributed by atoms with Crippen molar-refractivity contribution < 1.29 is 19.5 Å². The molecule has 8 heteroatoms. The molecule has 2 radical (unpaired) electrons. The van der Waals surface area contributed by atoms with Crippen LogP contribution in [0, 0.1) is 0 Å². The summed E-state index contributed by atoms with van der Waals surface area (Å²) in [4.78, 5) is 0. The Morgan fingerprint density at radius 3 is 1.34 bits per heavy atom. The predicted molar refractivity (Wildman–Crippen MR) is 128 cm³/mol. The van der Waals surface area contributed by atoms with Gasteiger partial charge < -0.3 is 0 Å². The molecule has 0 spiro atoms. The number of piperidine rings is 2. The molecule has 0 bridgehead atoms. The fraction of sp³-hybridized carbons (Fsp3) is 0.750. The van der Waals surface area contributed by atoms with Gasteiger partial charge in [-0.15, -0.1) is 0 Å². The van der Waals surface area contributed by atoms with Crippen LogP contribution in [0.5, 0.6) is 0 Å². The van der Waals surface area contributed by atoms with Gasteiger partial charge in [-0.1, -0.05) is 0 Å². The van der Waals surface area contributed by atoms with E-state index in [9.17, 15) is 10.4 Å². The molecular weight excluding hydrogens is 490 g/mol. The van der Waals surface area contributed by atoms with Gasteiger partial charge in [0.2, 0.25) is 0 Å². The molecule has 0 aliphatic carbocycles. The Morgan fingerprint density at radius 2 is 1.03 bits per heavy atom. The van der Waals surface area contributed by atoms with Crippen LogP contribution in [0.25, 0.3) is 0 Å². The van der Waals surface area contributed by atoms with Crippen LogP contribution in [0.15, 0.2) is 30.3 Å². The van der Waals surface area contributed by atoms with Crippen molar-refractivity contribution in [2.75, 3.05) is 0 Å². The maximum absolute atomic E-state index is 12.8. The second-order valence-corrected chi connectivity index (χ2v) is 16.9. The molecule has 0 amide bonds. The summed E-state index contributed by atoms with van der Waals surface area (Å²) in [6.07, 6.45) is 2.32. The minimum atomic E-state index is -2.59. The number of benzene rings is 1. The summed E-state index contributed by atoms with van der Waals surface area (Å²) in [6, 6.07) is 10.1. The van der Waals surface area contributed by atoms with E-state index in [1.165, 1.54) is 10.1 Å². The molecule has 0 N–H and O–H groups in total. The van der Waals surface area contributed by atoms with Gasteiger partial charge in [0.15, 0.2) is 0 Å². The number of hydrogen-bond donors (Lipinski definition) is 0. The third kappa shape index (κ3) is 5.43. The van der Waals surface area contributed by atoms with Crippen molar-refractivity contribution in [2.24, 2.45) is 0 Å². The van der Waals surface area contributed by atoms with E-state index in [1.807, 2.05) is 85.7 Å². The van der Waals surface area contributed by atoms with Gasteiger partial charge in [0.1, 0.15) is 0 Å². The van der Waals surface area contributed by atoms with E-state index in [0.717, 1.165) is 5.30 Å². The molecule has 2 aliphatic rings.